The van der Waals surface area contributed by atoms with Gasteiger partial charge >= 0.3 is 12.3 Å². The van der Waals surface area contributed by atoms with E-state index >= 15 is 0 Å². The predicted molar refractivity (Wildman–Crippen MR) is 73.9 cm³/mol. The zero-order valence-electron chi connectivity index (χ0n) is 12.5. The van der Waals surface area contributed by atoms with E-state index in [0.717, 1.165) is 16.9 Å². The van der Waals surface area contributed by atoms with E-state index in [-0.39, 0.29) is 0 Å². The highest BCUT2D eigenvalue weighted by molar-refractivity contribution is 5.77. The molecule has 0 aliphatic carbocycles. The summed E-state index contributed by atoms with van der Waals surface area (Å²) in [5, 5.41) is 0. The first kappa shape index (κ1) is 17.5. The van der Waals surface area contributed by atoms with Crippen LogP contribution in [0.4, 0.5) is 17.6 Å². The van der Waals surface area contributed by atoms with Crippen LogP contribution >= 0.6 is 0 Å². The minimum absolute atomic E-state index is 0.326. The van der Waals surface area contributed by atoms with Gasteiger partial charge in [0.05, 0.1) is 7.11 Å². The lowest BCUT2D eigenvalue weighted by atomic mass is 9.99. The topological polar surface area (TPSA) is 38.8 Å². The van der Waals surface area contributed by atoms with Crippen molar-refractivity contribution in [3.63, 3.8) is 0 Å². The first-order valence-electron chi connectivity index (χ1n) is 7.01. The number of methoxy groups -OCH3 is 1. The standard InChI is InChI=1S/C15H17F4NO3/c1-22-12-3-2-11-7-20(5-4-10(11)6-12)13(21)8-23-9-15(18,19)14(16)17/h2-3,6,14H,4-5,7-9H2,1H3. The quantitative estimate of drug-likeness (QED) is 0.750. The molecular formula is C15H17F4NO3. The van der Waals surface area contributed by atoms with Crippen LogP contribution in [0.2, 0.25) is 0 Å². The highest BCUT2D eigenvalue weighted by Crippen LogP contribution is 2.25. The summed E-state index contributed by atoms with van der Waals surface area (Å²) in [5.41, 5.74) is 1.99. The molecule has 1 aromatic carbocycles. The van der Waals surface area contributed by atoms with Gasteiger partial charge in [-0.2, -0.15) is 8.78 Å². The first-order valence-corrected chi connectivity index (χ1v) is 7.01. The Hall–Kier alpha value is -1.83. The van der Waals surface area contributed by atoms with E-state index in [1.165, 1.54) is 4.90 Å². The normalized spacial score (nSPS) is 14.8. The van der Waals surface area contributed by atoms with Crippen molar-refractivity contribution in [1.29, 1.82) is 0 Å². The highest BCUT2D eigenvalue weighted by atomic mass is 19.3. The van der Waals surface area contributed by atoms with Crippen LogP contribution in [0, 0.1) is 0 Å². The maximum absolute atomic E-state index is 12.7. The number of alkyl halides is 4. The van der Waals surface area contributed by atoms with Crippen molar-refractivity contribution < 1.29 is 31.8 Å². The van der Waals surface area contributed by atoms with Crippen LogP contribution < -0.4 is 4.74 Å². The Bertz CT molecular complexity index is 566. The van der Waals surface area contributed by atoms with Gasteiger partial charge in [0.1, 0.15) is 19.0 Å². The van der Waals surface area contributed by atoms with Gasteiger partial charge in [0.2, 0.25) is 5.91 Å². The number of fused-ring (bicyclic) bond motifs is 1. The molecule has 0 saturated carbocycles. The van der Waals surface area contributed by atoms with Gasteiger partial charge in [-0.15, -0.1) is 0 Å². The highest BCUT2D eigenvalue weighted by Gasteiger charge is 2.41. The molecule has 1 aromatic rings. The number of ether oxygens (including phenoxy) is 2. The molecule has 4 nitrogen and oxygen atoms in total. The lowest BCUT2D eigenvalue weighted by molar-refractivity contribution is -0.171. The SMILES string of the molecule is COc1ccc2c(c1)CCN(C(=O)COCC(F)(F)C(F)F)C2. The van der Waals surface area contributed by atoms with Crippen LogP contribution in [0.15, 0.2) is 18.2 Å². The molecule has 1 amide bonds. The largest absolute Gasteiger partial charge is 0.497 e. The summed E-state index contributed by atoms with van der Waals surface area (Å²) >= 11 is 0. The molecule has 1 aliphatic rings. The van der Waals surface area contributed by atoms with E-state index in [2.05, 4.69) is 4.74 Å². The molecule has 1 aliphatic heterocycles. The number of carbonyl (C=O) groups is 1. The molecule has 0 aromatic heterocycles. The first-order chi connectivity index (χ1) is 10.8. The number of hydrogen-bond acceptors (Lipinski definition) is 3. The number of carbonyl (C=O) groups excluding carboxylic acids is 1. The average molecular weight is 335 g/mol. The van der Waals surface area contributed by atoms with E-state index in [1.54, 1.807) is 13.2 Å². The van der Waals surface area contributed by atoms with Gasteiger partial charge in [-0.25, -0.2) is 8.78 Å². The maximum Gasteiger partial charge on any atom is 0.330 e. The predicted octanol–water partition coefficient (Wildman–Crippen LogP) is 2.50. The van der Waals surface area contributed by atoms with E-state index in [0.29, 0.717) is 19.5 Å². The van der Waals surface area contributed by atoms with E-state index < -0.39 is 31.5 Å². The van der Waals surface area contributed by atoms with E-state index in [4.69, 9.17) is 4.74 Å². The number of rotatable bonds is 6. The molecule has 0 unspecified atom stereocenters. The Morgan fingerprint density at radius 2 is 2.09 bits per heavy atom. The molecule has 0 bridgehead atoms. The third-order valence-corrected chi connectivity index (χ3v) is 3.62. The summed E-state index contributed by atoms with van der Waals surface area (Å²) in [6.45, 7) is -1.38. The van der Waals surface area contributed by atoms with Gasteiger partial charge in [0.15, 0.2) is 0 Å². The van der Waals surface area contributed by atoms with Crippen molar-refractivity contribution in [2.24, 2.45) is 0 Å². The molecule has 8 heteroatoms. The fourth-order valence-electron chi connectivity index (χ4n) is 2.30. The van der Waals surface area contributed by atoms with Crippen LogP contribution in [0.25, 0.3) is 0 Å². The smallest absolute Gasteiger partial charge is 0.330 e. The van der Waals surface area contributed by atoms with Crippen LogP contribution in [0.3, 0.4) is 0 Å². The zero-order valence-corrected chi connectivity index (χ0v) is 12.5. The summed E-state index contributed by atoms with van der Waals surface area (Å²) in [6, 6.07) is 5.49. The zero-order chi connectivity index (χ0) is 17.0. The summed E-state index contributed by atoms with van der Waals surface area (Å²) in [6.07, 6.45) is -3.21. The Balaban J connectivity index is 1.87. The fourth-order valence-corrected chi connectivity index (χ4v) is 2.30. The minimum Gasteiger partial charge on any atom is -0.497 e. The van der Waals surface area contributed by atoms with Crippen molar-refractivity contribution in [3.05, 3.63) is 29.3 Å². The van der Waals surface area contributed by atoms with Crippen molar-refractivity contribution in [1.82, 2.24) is 4.90 Å². The number of hydrogen-bond donors (Lipinski definition) is 0. The Kier molecular flexibility index (Phi) is 5.46. The number of amides is 1. The second-order valence-corrected chi connectivity index (χ2v) is 5.25. The Labute approximate surface area is 131 Å². The minimum atomic E-state index is -4.24. The molecule has 0 spiro atoms. The number of nitrogens with zero attached hydrogens (tertiary/aromatic N) is 1. The molecule has 23 heavy (non-hydrogen) atoms. The molecule has 0 atom stereocenters. The van der Waals surface area contributed by atoms with Crippen LogP contribution in [-0.4, -0.2) is 50.0 Å². The van der Waals surface area contributed by atoms with Crippen molar-refractivity contribution >= 4 is 5.91 Å². The second kappa shape index (κ2) is 7.16. The molecule has 0 N–H and O–H groups in total. The fraction of sp³-hybridized carbons (Fsp3) is 0.533. The summed E-state index contributed by atoms with van der Waals surface area (Å²) in [5.74, 6) is -4.02. The van der Waals surface area contributed by atoms with Crippen LogP contribution in [0.5, 0.6) is 5.75 Å². The average Bonchev–Trinajstić information content (AvgIpc) is 2.53. The molecule has 0 saturated heterocycles. The molecule has 1 heterocycles. The van der Waals surface area contributed by atoms with Gasteiger partial charge in [-0.1, -0.05) is 6.07 Å². The molecule has 0 fully saturated rings. The van der Waals surface area contributed by atoms with Crippen molar-refractivity contribution in [2.45, 2.75) is 25.3 Å². The third kappa shape index (κ3) is 4.34. The summed E-state index contributed by atoms with van der Waals surface area (Å²) in [7, 11) is 1.56. The van der Waals surface area contributed by atoms with Gasteiger partial charge in [-0.3, -0.25) is 4.79 Å². The molecule has 0 radical (unpaired) electrons. The van der Waals surface area contributed by atoms with Crippen LogP contribution in [0.1, 0.15) is 11.1 Å². The lowest BCUT2D eigenvalue weighted by Crippen LogP contribution is -2.40. The second-order valence-electron chi connectivity index (χ2n) is 5.25. The molecule has 128 valence electrons. The van der Waals surface area contributed by atoms with Gasteiger partial charge in [-0.05, 0) is 29.7 Å². The monoisotopic (exact) mass is 335 g/mol. The van der Waals surface area contributed by atoms with Gasteiger partial charge < -0.3 is 14.4 Å². The molecule has 2 rings (SSSR count). The Morgan fingerprint density at radius 3 is 2.74 bits per heavy atom. The van der Waals surface area contributed by atoms with Gasteiger partial charge in [0.25, 0.3) is 0 Å². The lowest BCUT2D eigenvalue weighted by Gasteiger charge is -2.29. The Morgan fingerprint density at radius 1 is 1.35 bits per heavy atom. The number of halogens is 4. The third-order valence-electron chi connectivity index (χ3n) is 3.62. The van der Waals surface area contributed by atoms with E-state index in [9.17, 15) is 22.4 Å². The van der Waals surface area contributed by atoms with Crippen molar-refractivity contribution in [3.8, 4) is 5.75 Å². The number of benzene rings is 1. The van der Waals surface area contributed by atoms with Crippen molar-refractivity contribution in [2.75, 3.05) is 26.9 Å². The summed E-state index contributed by atoms with van der Waals surface area (Å²) in [4.78, 5) is 13.4. The maximum atomic E-state index is 12.7. The molecular weight excluding hydrogens is 318 g/mol. The van der Waals surface area contributed by atoms with Gasteiger partial charge in [0, 0.05) is 13.1 Å². The summed E-state index contributed by atoms with van der Waals surface area (Å²) < 4.78 is 58.9. The van der Waals surface area contributed by atoms with E-state index in [1.807, 2.05) is 12.1 Å². The van der Waals surface area contributed by atoms with Crippen LogP contribution in [-0.2, 0) is 22.5 Å².